The molecule has 0 saturated heterocycles. The SMILES string of the molecule is CC#CC(CC)CC#CCCC#CC(C)C#CCC. The molecule has 0 aliphatic heterocycles. The molecule has 0 aromatic heterocycles. The molecule has 0 spiro atoms. The van der Waals surface area contributed by atoms with Crippen molar-refractivity contribution < 1.29 is 0 Å². The van der Waals surface area contributed by atoms with Gasteiger partial charge in [0.05, 0.1) is 5.92 Å². The van der Waals surface area contributed by atoms with E-state index in [-0.39, 0.29) is 5.92 Å². The summed E-state index contributed by atoms with van der Waals surface area (Å²) in [5.41, 5.74) is 0. The minimum absolute atomic E-state index is 0.178. The number of hydrogen-bond donors (Lipinski definition) is 0. The molecule has 0 N–H and O–H groups in total. The van der Waals surface area contributed by atoms with Crippen molar-refractivity contribution in [3.05, 3.63) is 0 Å². The summed E-state index contributed by atoms with van der Waals surface area (Å²) in [5.74, 6) is 25.5. The first-order chi connectivity index (χ1) is 9.24. The van der Waals surface area contributed by atoms with Gasteiger partial charge in [-0.2, -0.15) is 0 Å². The first-order valence-corrected chi connectivity index (χ1v) is 7.09. The Balaban J connectivity index is 3.92. The molecule has 0 aromatic rings. The third-order valence-corrected chi connectivity index (χ3v) is 2.50. The molecule has 0 heteroatoms. The van der Waals surface area contributed by atoms with Crippen LogP contribution in [0, 0.1) is 59.2 Å². The van der Waals surface area contributed by atoms with E-state index in [0.717, 1.165) is 32.1 Å². The number of rotatable bonds is 3. The van der Waals surface area contributed by atoms with Gasteiger partial charge < -0.3 is 0 Å². The highest BCUT2D eigenvalue weighted by molar-refractivity contribution is 5.17. The van der Waals surface area contributed by atoms with Crippen LogP contribution in [-0.2, 0) is 0 Å². The molecule has 0 saturated carbocycles. The Bertz CT molecular complexity index is 465. The lowest BCUT2D eigenvalue weighted by atomic mass is 10.0. The van der Waals surface area contributed by atoms with Gasteiger partial charge in [0.1, 0.15) is 0 Å². The van der Waals surface area contributed by atoms with Crippen LogP contribution in [0.2, 0.25) is 0 Å². The van der Waals surface area contributed by atoms with Gasteiger partial charge >= 0.3 is 0 Å². The van der Waals surface area contributed by atoms with Crippen molar-refractivity contribution in [1.82, 2.24) is 0 Å². The van der Waals surface area contributed by atoms with E-state index < -0.39 is 0 Å². The third-order valence-electron chi connectivity index (χ3n) is 2.50. The lowest BCUT2D eigenvalue weighted by molar-refractivity contribution is 0.671. The number of unbranched alkanes of at least 4 members (excludes halogenated alkanes) is 1. The highest BCUT2D eigenvalue weighted by Crippen LogP contribution is 2.04. The van der Waals surface area contributed by atoms with Gasteiger partial charge in [0, 0.05) is 31.6 Å². The largest absolute Gasteiger partial charge is 0.106 e. The summed E-state index contributed by atoms with van der Waals surface area (Å²) in [7, 11) is 0. The van der Waals surface area contributed by atoms with Gasteiger partial charge in [-0.05, 0) is 20.3 Å². The molecule has 0 bridgehead atoms. The first-order valence-electron chi connectivity index (χ1n) is 7.09. The zero-order valence-electron chi connectivity index (χ0n) is 12.7. The topological polar surface area (TPSA) is 0 Å². The Labute approximate surface area is 119 Å². The second kappa shape index (κ2) is 12.7. The van der Waals surface area contributed by atoms with Gasteiger partial charge in [-0.3, -0.25) is 0 Å². The van der Waals surface area contributed by atoms with E-state index in [1.54, 1.807) is 0 Å². The molecule has 0 radical (unpaired) electrons. The van der Waals surface area contributed by atoms with Crippen molar-refractivity contribution in [2.75, 3.05) is 0 Å². The van der Waals surface area contributed by atoms with Crippen molar-refractivity contribution >= 4 is 0 Å². The molecular formula is C19H24. The normalized spacial score (nSPS) is 11.2. The van der Waals surface area contributed by atoms with E-state index in [9.17, 15) is 0 Å². The minimum Gasteiger partial charge on any atom is -0.106 e. The van der Waals surface area contributed by atoms with E-state index in [0.29, 0.717) is 5.92 Å². The fourth-order valence-corrected chi connectivity index (χ4v) is 1.43. The molecule has 0 nitrogen and oxygen atoms in total. The van der Waals surface area contributed by atoms with Gasteiger partial charge in [-0.1, -0.05) is 31.6 Å². The van der Waals surface area contributed by atoms with Crippen LogP contribution in [0.4, 0.5) is 0 Å². The summed E-state index contributed by atoms with van der Waals surface area (Å²) in [6.45, 7) is 8.13. The molecule has 100 valence electrons. The molecule has 0 amide bonds. The predicted octanol–water partition coefficient (Wildman–Crippen LogP) is 4.26. The molecule has 19 heavy (non-hydrogen) atoms. The molecule has 0 heterocycles. The zero-order chi connectivity index (χ0) is 14.3. The molecule has 2 atom stereocenters. The average Bonchev–Trinajstić information content (AvgIpc) is 2.42. The Morgan fingerprint density at radius 2 is 1.53 bits per heavy atom. The maximum Gasteiger partial charge on any atom is 0.0783 e. The summed E-state index contributed by atoms with van der Waals surface area (Å²) in [6.07, 6.45) is 4.53. The van der Waals surface area contributed by atoms with Crippen LogP contribution in [0.1, 0.15) is 59.8 Å². The van der Waals surface area contributed by atoms with Crippen molar-refractivity contribution in [3.8, 4) is 47.4 Å². The standard InChI is InChI=1S/C19H24/c1-5-8-15-18(4)16-12-10-9-11-13-17-19(7-3)14-6-2/h18-19H,5,7,9-10,17H2,1-4H3. The molecule has 0 aliphatic rings. The Morgan fingerprint density at radius 3 is 2.16 bits per heavy atom. The first kappa shape index (κ1) is 17.2. The van der Waals surface area contributed by atoms with Crippen molar-refractivity contribution in [2.45, 2.75) is 59.8 Å². The zero-order valence-corrected chi connectivity index (χ0v) is 12.7. The molecule has 0 aliphatic carbocycles. The maximum atomic E-state index is 3.20. The summed E-state index contributed by atoms with van der Waals surface area (Å²) < 4.78 is 0. The van der Waals surface area contributed by atoms with Crippen LogP contribution < -0.4 is 0 Å². The van der Waals surface area contributed by atoms with Gasteiger partial charge in [0.15, 0.2) is 0 Å². The Hall–Kier alpha value is -1.76. The Kier molecular flexibility index (Phi) is 11.5. The highest BCUT2D eigenvalue weighted by atomic mass is 14.0. The molecule has 2 unspecified atom stereocenters. The van der Waals surface area contributed by atoms with Gasteiger partial charge in [0.25, 0.3) is 0 Å². The van der Waals surface area contributed by atoms with E-state index in [1.165, 1.54) is 0 Å². The van der Waals surface area contributed by atoms with Crippen molar-refractivity contribution in [2.24, 2.45) is 11.8 Å². The smallest absolute Gasteiger partial charge is 0.0783 e. The second-order valence-electron chi connectivity index (χ2n) is 4.27. The van der Waals surface area contributed by atoms with Crippen molar-refractivity contribution in [3.63, 3.8) is 0 Å². The van der Waals surface area contributed by atoms with E-state index in [1.807, 2.05) is 13.8 Å². The van der Waals surface area contributed by atoms with Gasteiger partial charge in [0.2, 0.25) is 0 Å². The summed E-state index contributed by atoms with van der Waals surface area (Å²) in [5, 5.41) is 0. The fraction of sp³-hybridized carbons (Fsp3) is 0.579. The van der Waals surface area contributed by atoms with Crippen LogP contribution in [0.5, 0.6) is 0 Å². The summed E-state index contributed by atoms with van der Waals surface area (Å²) in [6, 6.07) is 0. The van der Waals surface area contributed by atoms with Gasteiger partial charge in [-0.15, -0.1) is 29.6 Å². The molecule has 0 aromatic carbocycles. The fourth-order valence-electron chi connectivity index (χ4n) is 1.43. The van der Waals surface area contributed by atoms with Gasteiger partial charge in [-0.25, -0.2) is 0 Å². The minimum atomic E-state index is 0.178. The van der Waals surface area contributed by atoms with Crippen LogP contribution >= 0.6 is 0 Å². The van der Waals surface area contributed by atoms with E-state index in [2.05, 4.69) is 61.2 Å². The van der Waals surface area contributed by atoms with Crippen LogP contribution in [0.25, 0.3) is 0 Å². The molecule has 0 fully saturated rings. The predicted molar refractivity (Wildman–Crippen MR) is 83.9 cm³/mol. The monoisotopic (exact) mass is 252 g/mol. The lowest BCUT2D eigenvalue weighted by Gasteiger charge is -1.99. The van der Waals surface area contributed by atoms with Crippen LogP contribution in [0.15, 0.2) is 0 Å². The molecule has 0 rings (SSSR count). The average molecular weight is 252 g/mol. The highest BCUT2D eigenvalue weighted by Gasteiger charge is 1.97. The Morgan fingerprint density at radius 1 is 0.842 bits per heavy atom. The van der Waals surface area contributed by atoms with Crippen molar-refractivity contribution in [1.29, 1.82) is 0 Å². The van der Waals surface area contributed by atoms with Crippen LogP contribution in [-0.4, -0.2) is 0 Å². The third kappa shape index (κ3) is 11.1. The molecular weight excluding hydrogens is 228 g/mol. The number of hydrogen-bond acceptors (Lipinski definition) is 0. The van der Waals surface area contributed by atoms with Crippen LogP contribution in [0.3, 0.4) is 0 Å². The maximum absolute atomic E-state index is 3.20. The lowest BCUT2D eigenvalue weighted by Crippen LogP contribution is -1.92. The quantitative estimate of drug-likeness (QED) is 0.520. The second-order valence-corrected chi connectivity index (χ2v) is 4.27. The van der Waals surface area contributed by atoms with E-state index in [4.69, 9.17) is 0 Å². The summed E-state index contributed by atoms with van der Waals surface area (Å²) >= 11 is 0. The summed E-state index contributed by atoms with van der Waals surface area (Å²) in [4.78, 5) is 0. The van der Waals surface area contributed by atoms with E-state index >= 15 is 0 Å².